The number of nitrogens with two attached hydrogens (primary N) is 1. The Labute approximate surface area is 97.0 Å². The molecule has 0 atom stereocenters. The van der Waals surface area contributed by atoms with Gasteiger partial charge < -0.3 is 0 Å². The van der Waals surface area contributed by atoms with Crippen LogP contribution in [-0.2, 0) is 15.4 Å². The second-order valence-electron chi connectivity index (χ2n) is 4.76. The summed E-state index contributed by atoms with van der Waals surface area (Å²) >= 11 is 0. The first-order valence-corrected chi connectivity index (χ1v) is 6.61. The Bertz CT molecular complexity index is 479. The summed E-state index contributed by atoms with van der Waals surface area (Å²) in [6, 6.07) is 7.73. The van der Waals surface area contributed by atoms with Gasteiger partial charge in [0.15, 0.2) is 0 Å². The Morgan fingerprint density at radius 1 is 1.12 bits per heavy atom. The van der Waals surface area contributed by atoms with E-state index < -0.39 is 10.0 Å². The van der Waals surface area contributed by atoms with E-state index in [-0.39, 0.29) is 5.41 Å². The first-order chi connectivity index (χ1) is 7.18. The third-order valence-electron chi connectivity index (χ3n) is 2.23. The van der Waals surface area contributed by atoms with Crippen molar-refractivity contribution in [2.75, 3.05) is 0 Å². The highest BCUT2D eigenvalue weighted by atomic mass is 32.2. The Balaban J connectivity index is 2.93. The predicted molar refractivity (Wildman–Crippen MR) is 67.3 cm³/mol. The van der Waals surface area contributed by atoms with Crippen LogP contribution in [0.5, 0.6) is 0 Å². The highest BCUT2D eigenvalue weighted by Crippen LogP contribution is 2.22. The summed E-state index contributed by atoms with van der Waals surface area (Å²) in [7, 11) is -3.54. The summed E-state index contributed by atoms with van der Waals surface area (Å²) < 4.78 is 21.4. The molecule has 1 rings (SSSR count). The van der Waals surface area contributed by atoms with Crippen LogP contribution < -0.4 is 5.14 Å². The normalized spacial score (nSPS) is 13.2. The molecule has 3 nitrogen and oxygen atoms in total. The van der Waals surface area contributed by atoms with Gasteiger partial charge in [-0.25, -0.2) is 13.6 Å². The van der Waals surface area contributed by atoms with Crippen molar-refractivity contribution in [1.82, 2.24) is 0 Å². The molecule has 0 aliphatic carbocycles. The minimum absolute atomic E-state index is 0.0994. The summed E-state index contributed by atoms with van der Waals surface area (Å²) in [5.41, 5.74) is 2.13. The SMILES string of the molecule is CC(C)(C)c1ccc(/C=C/S(N)(=O)=O)cc1. The molecule has 0 aliphatic heterocycles. The molecule has 0 saturated heterocycles. The fraction of sp³-hybridized carbons (Fsp3) is 0.333. The van der Waals surface area contributed by atoms with Crippen LogP contribution in [0.4, 0.5) is 0 Å². The molecule has 88 valence electrons. The Morgan fingerprint density at radius 2 is 1.62 bits per heavy atom. The maximum Gasteiger partial charge on any atom is 0.231 e. The van der Waals surface area contributed by atoms with E-state index in [1.54, 1.807) is 0 Å². The van der Waals surface area contributed by atoms with Gasteiger partial charge in [0, 0.05) is 5.41 Å². The number of primary sulfonamides is 1. The number of rotatable bonds is 2. The molecule has 1 aromatic rings. The van der Waals surface area contributed by atoms with E-state index in [0.717, 1.165) is 11.0 Å². The Hall–Kier alpha value is -1.13. The van der Waals surface area contributed by atoms with Gasteiger partial charge in [0.2, 0.25) is 10.0 Å². The maximum absolute atomic E-state index is 10.7. The van der Waals surface area contributed by atoms with E-state index >= 15 is 0 Å². The molecular weight excluding hydrogens is 222 g/mol. The van der Waals surface area contributed by atoms with Gasteiger partial charge in [0.25, 0.3) is 0 Å². The number of sulfonamides is 1. The first-order valence-electron chi connectivity index (χ1n) is 5.00. The fourth-order valence-corrected chi connectivity index (χ4v) is 1.61. The van der Waals surface area contributed by atoms with Crippen LogP contribution in [0.15, 0.2) is 29.7 Å². The average molecular weight is 239 g/mol. The van der Waals surface area contributed by atoms with Crippen molar-refractivity contribution in [3.63, 3.8) is 0 Å². The summed E-state index contributed by atoms with van der Waals surface area (Å²) in [6.07, 6.45) is 1.49. The van der Waals surface area contributed by atoms with Gasteiger partial charge in [-0.15, -0.1) is 0 Å². The summed E-state index contributed by atoms with van der Waals surface area (Å²) in [5, 5.41) is 5.87. The lowest BCUT2D eigenvalue weighted by Crippen LogP contribution is -2.10. The molecule has 4 heteroatoms. The van der Waals surface area contributed by atoms with Crippen LogP contribution in [0.3, 0.4) is 0 Å². The lowest BCUT2D eigenvalue weighted by atomic mass is 9.87. The standard InChI is InChI=1S/C12H17NO2S/c1-12(2,3)11-6-4-10(5-7-11)8-9-16(13,14)15/h4-9H,1-3H3,(H2,13,14,15)/b9-8+. The van der Waals surface area contributed by atoms with Crippen LogP contribution >= 0.6 is 0 Å². The van der Waals surface area contributed by atoms with Crippen molar-refractivity contribution < 1.29 is 8.42 Å². The van der Waals surface area contributed by atoms with Gasteiger partial charge in [-0.05, 0) is 22.6 Å². The third-order valence-corrected chi connectivity index (χ3v) is 2.74. The van der Waals surface area contributed by atoms with Crippen LogP contribution in [0.2, 0.25) is 0 Å². The lowest BCUT2D eigenvalue weighted by Gasteiger charge is -2.18. The summed E-state index contributed by atoms with van der Waals surface area (Å²) in [4.78, 5) is 0. The maximum atomic E-state index is 10.7. The van der Waals surface area contributed by atoms with Crippen molar-refractivity contribution in [2.45, 2.75) is 26.2 Å². The molecule has 2 N–H and O–H groups in total. The monoisotopic (exact) mass is 239 g/mol. The zero-order valence-electron chi connectivity index (χ0n) is 9.77. The first kappa shape index (κ1) is 12.9. The van der Waals surface area contributed by atoms with Crippen molar-refractivity contribution in [3.05, 3.63) is 40.8 Å². The van der Waals surface area contributed by atoms with Gasteiger partial charge in [-0.2, -0.15) is 0 Å². The largest absolute Gasteiger partial charge is 0.231 e. The molecule has 0 bridgehead atoms. The van der Waals surface area contributed by atoms with Crippen LogP contribution in [-0.4, -0.2) is 8.42 Å². The molecule has 0 amide bonds. The highest BCUT2D eigenvalue weighted by molar-refractivity contribution is 7.92. The van der Waals surface area contributed by atoms with Crippen LogP contribution in [0.25, 0.3) is 6.08 Å². The zero-order valence-corrected chi connectivity index (χ0v) is 10.6. The van der Waals surface area contributed by atoms with Crippen LogP contribution in [0.1, 0.15) is 31.9 Å². The molecule has 0 fully saturated rings. The van der Waals surface area contributed by atoms with E-state index in [1.807, 2.05) is 24.3 Å². The zero-order chi connectivity index (χ0) is 12.4. The van der Waals surface area contributed by atoms with Crippen LogP contribution in [0, 0.1) is 0 Å². The van der Waals surface area contributed by atoms with E-state index in [2.05, 4.69) is 20.8 Å². The molecule has 0 aromatic heterocycles. The molecule has 1 aromatic carbocycles. The highest BCUT2D eigenvalue weighted by Gasteiger charge is 2.12. The minimum atomic E-state index is -3.54. The van der Waals surface area contributed by atoms with E-state index in [0.29, 0.717) is 0 Å². The molecule has 0 unspecified atom stereocenters. The lowest BCUT2D eigenvalue weighted by molar-refractivity contribution is 0.590. The average Bonchev–Trinajstić information content (AvgIpc) is 2.13. The molecule has 0 saturated carbocycles. The third kappa shape index (κ3) is 4.16. The van der Waals surface area contributed by atoms with Gasteiger partial charge in [0.05, 0.1) is 0 Å². The second-order valence-corrected chi connectivity index (χ2v) is 6.21. The quantitative estimate of drug-likeness (QED) is 0.860. The molecule has 0 aliphatic rings. The van der Waals surface area contributed by atoms with E-state index in [1.165, 1.54) is 11.6 Å². The fourth-order valence-electron chi connectivity index (χ4n) is 1.27. The summed E-state index contributed by atoms with van der Waals surface area (Å²) in [6.45, 7) is 6.38. The van der Waals surface area contributed by atoms with Gasteiger partial charge in [-0.3, -0.25) is 0 Å². The number of hydrogen-bond donors (Lipinski definition) is 1. The predicted octanol–water partition coefficient (Wildman–Crippen LogP) is 2.24. The van der Waals surface area contributed by atoms with Crippen molar-refractivity contribution in [3.8, 4) is 0 Å². The van der Waals surface area contributed by atoms with Crippen molar-refractivity contribution in [1.29, 1.82) is 0 Å². The number of benzene rings is 1. The minimum Gasteiger partial charge on any atom is -0.225 e. The molecule has 16 heavy (non-hydrogen) atoms. The van der Waals surface area contributed by atoms with Gasteiger partial charge in [-0.1, -0.05) is 45.0 Å². The van der Waals surface area contributed by atoms with E-state index in [9.17, 15) is 8.42 Å². The molecule has 0 heterocycles. The second kappa shape index (κ2) is 4.39. The van der Waals surface area contributed by atoms with Crippen molar-refractivity contribution >= 4 is 16.1 Å². The van der Waals surface area contributed by atoms with Gasteiger partial charge in [0.1, 0.15) is 0 Å². The molecular formula is C12H17NO2S. The smallest absolute Gasteiger partial charge is 0.225 e. The topological polar surface area (TPSA) is 60.2 Å². The Morgan fingerprint density at radius 3 is 2.00 bits per heavy atom. The summed E-state index contributed by atoms with van der Waals surface area (Å²) in [5.74, 6) is 0. The van der Waals surface area contributed by atoms with Gasteiger partial charge >= 0.3 is 0 Å². The van der Waals surface area contributed by atoms with Crippen molar-refractivity contribution in [2.24, 2.45) is 5.14 Å². The Kier molecular flexibility index (Phi) is 3.55. The van der Waals surface area contributed by atoms with E-state index in [4.69, 9.17) is 5.14 Å². The number of hydrogen-bond acceptors (Lipinski definition) is 2. The molecule has 0 spiro atoms. The molecule has 0 radical (unpaired) electrons.